The van der Waals surface area contributed by atoms with Crippen LogP contribution in [0.3, 0.4) is 0 Å². The minimum Gasteiger partial charge on any atom is -0.368 e. The average Bonchev–Trinajstić information content (AvgIpc) is 2.31. The van der Waals surface area contributed by atoms with Crippen molar-refractivity contribution in [3.8, 4) is 0 Å². The molecule has 6 N–H and O–H groups in total. The minimum absolute atomic E-state index is 0.00607. The fourth-order valence-corrected chi connectivity index (χ4v) is 1.62. The number of nitrogen functional groups attached to an aromatic ring is 2. The lowest BCUT2D eigenvalue weighted by Crippen LogP contribution is -2.43. The second-order valence-corrected chi connectivity index (χ2v) is 3.91. The normalized spacial score (nSPS) is 10.6. The van der Waals surface area contributed by atoms with E-state index in [2.05, 4.69) is 15.0 Å². The molecule has 0 fully saturated rings. The van der Waals surface area contributed by atoms with Crippen LogP contribution in [0.2, 0.25) is 0 Å². The molecule has 2 rings (SSSR count). The summed E-state index contributed by atoms with van der Waals surface area (Å²) in [5.74, 6) is 0.377. The number of nitrogens with one attached hydrogen (secondary N) is 2. The van der Waals surface area contributed by atoms with Gasteiger partial charge in [0.2, 0.25) is 11.9 Å². The molecule has 0 unspecified atom stereocenters. The van der Waals surface area contributed by atoms with Crippen LogP contribution in [0.25, 0.3) is 0 Å². The van der Waals surface area contributed by atoms with E-state index in [1.165, 1.54) is 0 Å². The summed E-state index contributed by atoms with van der Waals surface area (Å²) in [6.07, 6.45) is 0.736. The van der Waals surface area contributed by atoms with Gasteiger partial charge in [-0.15, -0.1) is 0 Å². The maximum atomic E-state index is 11.4. The Morgan fingerprint density at radius 1 is 0.950 bits per heavy atom. The molecule has 0 bridgehead atoms. The van der Waals surface area contributed by atoms with Crippen LogP contribution in [0, 0.1) is 0 Å². The zero-order valence-corrected chi connectivity index (χ0v) is 10.3. The molecule has 2 aromatic rings. The van der Waals surface area contributed by atoms with Crippen molar-refractivity contribution in [2.45, 2.75) is 19.4 Å². The Bertz CT molecular complexity index is 734. The van der Waals surface area contributed by atoms with Gasteiger partial charge in [-0.05, 0) is 6.42 Å². The number of aryl methyl sites for hydroxylation is 1. The highest BCUT2D eigenvalue weighted by Gasteiger charge is 2.05. The van der Waals surface area contributed by atoms with Gasteiger partial charge >= 0.3 is 17.1 Å². The third-order valence-corrected chi connectivity index (χ3v) is 2.43. The first-order chi connectivity index (χ1) is 9.45. The molecule has 0 aromatic carbocycles. The second-order valence-electron chi connectivity index (χ2n) is 3.91. The molecule has 0 aliphatic heterocycles. The van der Waals surface area contributed by atoms with Crippen LogP contribution in [0.15, 0.2) is 14.4 Å². The predicted molar refractivity (Wildman–Crippen MR) is 68.9 cm³/mol. The van der Waals surface area contributed by atoms with Crippen LogP contribution in [-0.4, -0.2) is 29.5 Å². The standard InChI is InChI=1S/C9H12N8O3/c10-5-12-4(13-6(11)14-5)2-1-3-17-8(19)15-7(18)16-9(17)20/h1-3H2,(H4,10,11,12,13,14)(H2,15,16,18,19,20). The molecule has 0 aliphatic rings. The first-order valence-corrected chi connectivity index (χ1v) is 5.65. The molecule has 11 nitrogen and oxygen atoms in total. The Morgan fingerprint density at radius 3 is 2.05 bits per heavy atom. The number of nitrogens with zero attached hydrogens (tertiary/aromatic N) is 4. The average molecular weight is 280 g/mol. The molecule has 0 aliphatic carbocycles. The molecule has 0 atom stereocenters. The number of hydrogen-bond acceptors (Lipinski definition) is 8. The van der Waals surface area contributed by atoms with Crippen LogP contribution in [-0.2, 0) is 13.0 Å². The fraction of sp³-hybridized carbons (Fsp3) is 0.333. The number of hydrogen-bond donors (Lipinski definition) is 4. The predicted octanol–water partition coefficient (Wildman–Crippen LogP) is -2.79. The van der Waals surface area contributed by atoms with Crippen molar-refractivity contribution in [3.05, 3.63) is 37.3 Å². The maximum Gasteiger partial charge on any atom is 0.333 e. The van der Waals surface area contributed by atoms with Crippen molar-refractivity contribution in [2.24, 2.45) is 0 Å². The van der Waals surface area contributed by atoms with Crippen molar-refractivity contribution in [3.63, 3.8) is 0 Å². The number of aromatic nitrogens is 6. The molecule has 0 amide bonds. The third-order valence-electron chi connectivity index (χ3n) is 2.43. The van der Waals surface area contributed by atoms with Gasteiger partial charge in [0, 0.05) is 13.0 Å². The first-order valence-electron chi connectivity index (χ1n) is 5.65. The molecular weight excluding hydrogens is 268 g/mol. The SMILES string of the molecule is Nc1nc(N)nc(CCCn2c(=O)[nH]c(=O)[nH]c2=O)n1. The summed E-state index contributed by atoms with van der Waals surface area (Å²) in [6.45, 7) is 0.0937. The van der Waals surface area contributed by atoms with Crippen molar-refractivity contribution in [1.82, 2.24) is 29.5 Å². The molecule has 2 heterocycles. The van der Waals surface area contributed by atoms with Crippen LogP contribution in [0.4, 0.5) is 11.9 Å². The van der Waals surface area contributed by atoms with Gasteiger partial charge < -0.3 is 11.5 Å². The molecule has 20 heavy (non-hydrogen) atoms. The quantitative estimate of drug-likeness (QED) is 0.463. The van der Waals surface area contributed by atoms with E-state index < -0.39 is 17.1 Å². The minimum atomic E-state index is -0.839. The first kappa shape index (κ1) is 13.5. The summed E-state index contributed by atoms with van der Waals surface area (Å²) in [4.78, 5) is 49.0. The molecular formula is C9H12N8O3. The van der Waals surface area contributed by atoms with Gasteiger partial charge in [0.05, 0.1) is 0 Å². The highest BCUT2D eigenvalue weighted by molar-refractivity contribution is 5.25. The number of anilines is 2. The second kappa shape index (κ2) is 5.34. The summed E-state index contributed by atoms with van der Waals surface area (Å²) < 4.78 is 0.870. The van der Waals surface area contributed by atoms with E-state index >= 15 is 0 Å². The molecule has 0 saturated carbocycles. The van der Waals surface area contributed by atoms with E-state index in [-0.39, 0.29) is 18.4 Å². The molecule has 2 aromatic heterocycles. The number of nitrogens with two attached hydrogens (primary N) is 2. The molecule has 106 valence electrons. The molecule has 0 spiro atoms. The van der Waals surface area contributed by atoms with Gasteiger partial charge in [-0.1, -0.05) is 0 Å². The van der Waals surface area contributed by atoms with Gasteiger partial charge in [0.25, 0.3) is 0 Å². The van der Waals surface area contributed by atoms with Gasteiger partial charge in [0.1, 0.15) is 5.82 Å². The van der Waals surface area contributed by atoms with Crippen LogP contribution in [0.1, 0.15) is 12.2 Å². The van der Waals surface area contributed by atoms with Crippen LogP contribution >= 0.6 is 0 Å². The summed E-state index contributed by atoms with van der Waals surface area (Å²) in [5.41, 5.74) is 8.45. The number of H-pyrrole nitrogens is 2. The smallest absolute Gasteiger partial charge is 0.333 e. The number of rotatable bonds is 4. The van der Waals surface area contributed by atoms with E-state index in [0.717, 1.165) is 4.57 Å². The Hall–Kier alpha value is -2.98. The Morgan fingerprint density at radius 2 is 1.50 bits per heavy atom. The maximum absolute atomic E-state index is 11.4. The van der Waals surface area contributed by atoms with E-state index in [4.69, 9.17) is 11.5 Å². The van der Waals surface area contributed by atoms with Gasteiger partial charge in [0.15, 0.2) is 0 Å². The lowest BCUT2D eigenvalue weighted by molar-refractivity contribution is 0.559. The summed E-state index contributed by atoms with van der Waals surface area (Å²) >= 11 is 0. The van der Waals surface area contributed by atoms with Crippen LogP contribution < -0.4 is 28.5 Å². The monoisotopic (exact) mass is 280 g/mol. The summed E-state index contributed by atoms with van der Waals surface area (Å²) in [5, 5.41) is 0. The summed E-state index contributed by atoms with van der Waals surface area (Å²) in [6, 6.07) is 0. The fourth-order valence-electron chi connectivity index (χ4n) is 1.62. The topological polar surface area (TPSA) is 178 Å². The van der Waals surface area contributed by atoms with Crippen molar-refractivity contribution < 1.29 is 0 Å². The summed E-state index contributed by atoms with van der Waals surface area (Å²) in [7, 11) is 0. The number of aromatic amines is 2. The molecule has 0 saturated heterocycles. The molecule has 0 radical (unpaired) electrons. The lowest BCUT2D eigenvalue weighted by atomic mass is 10.3. The highest BCUT2D eigenvalue weighted by Crippen LogP contribution is 2.01. The van der Waals surface area contributed by atoms with Gasteiger partial charge in [-0.3, -0.25) is 9.97 Å². The molecule has 11 heteroatoms. The van der Waals surface area contributed by atoms with E-state index in [1.807, 2.05) is 9.97 Å². The van der Waals surface area contributed by atoms with Crippen LogP contribution in [0.5, 0.6) is 0 Å². The zero-order valence-electron chi connectivity index (χ0n) is 10.3. The lowest BCUT2D eigenvalue weighted by Gasteiger charge is -2.03. The Balaban J connectivity index is 2.09. The van der Waals surface area contributed by atoms with E-state index in [9.17, 15) is 14.4 Å². The van der Waals surface area contributed by atoms with E-state index in [1.54, 1.807) is 0 Å². The van der Waals surface area contributed by atoms with Crippen molar-refractivity contribution in [2.75, 3.05) is 11.5 Å². The Kier molecular flexibility index (Phi) is 3.59. The van der Waals surface area contributed by atoms with Gasteiger partial charge in [-0.2, -0.15) is 15.0 Å². The largest absolute Gasteiger partial charge is 0.368 e. The van der Waals surface area contributed by atoms with Crippen molar-refractivity contribution in [1.29, 1.82) is 0 Å². The van der Waals surface area contributed by atoms with Gasteiger partial charge in [-0.25, -0.2) is 19.0 Å². The van der Waals surface area contributed by atoms with Crippen molar-refractivity contribution >= 4 is 11.9 Å². The van der Waals surface area contributed by atoms with E-state index in [0.29, 0.717) is 18.7 Å². The third kappa shape index (κ3) is 3.07. The highest BCUT2D eigenvalue weighted by atomic mass is 16.2. The zero-order chi connectivity index (χ0) is 14.7. The Labute approximate surface area is 110 Å².